The summed E-state index contributed by atoms with van der Waals surface area (Å²) in [5, 5.41) is 28.9. The molecule has 0 aromatic heterocycles. The van der Waals surface area contributed by atoms with E-state index >= 15 is 0 Å². The Labute approximate surface area is 789 Å². The SMILES string of the molecule is CCC(=O)CCCCCCC([NH-])=O.CCC(=O)CCOCC(COCCC([NH-])=O)(COCCC(=O)NC)COCCC(=O)NC.CNC(=O)CCCCCCC(=O)CN(CC(=O)NCCCCCC(=O)NC)C(=O)CCC(=O)CCCCC(=O)NC.CNC(=O)CCCCCCC(=O)CN(CC(=O)NCCCCCC(=O)NC)CC(=O)NCCCCCC(=O)NC.[W].[W]. The van der Waals surface area contributed by atoms with Gasteiger partial charge in [0, 0.05) is 240 Å². The van der Waals surface area contributed by atoms with Crippen molar-refractivity contribution < 1.29 is 152 Å². The van der Waals surface area contributed by atoms with Crippen LogP contribution in [0.3, 0.4) is 0 Å². The molecule has 0 spiro atoms. The molecule has 0 aromatic rings. The smallest absolute Gasteiger partial charge is 0.239 e. The maximum Gasteiger partial charge on any atom is 0.239 e. The molecule has 14 amide bonds. The maximum absolute atomic E-state index is 12.9. The van der Waals surface area contributed by atoms with E-state index in [4.69, 9.17) is 30.4 Å². The van der Waals surface area contributed by atoms with Gasteiger partial charge in [0.05, 0.1) is 96.9 Å². The Morgan fingerprint density at radius 2 is 0.492 bits per heavy atom. The molecule has 0 aliphatic carbocycles. The topological polar surface area (TPSA) is 548 Å². The number of hydrogen-bond donors (Lipinski definition) is 11. The molecule has 128 heavy (non-hydrogen) atoms. The predicted octanol–water partition coefficient (Wildman–Crippen LogP) is 5.87. The first-order valence-electron chi connectivity index (χ1n) is 45.1. The molecular formula is C88H159N15O23W2-2. The summed E-state index contributed by atoms with van der Waals surface area (Å²) >= 11 is 0. The third-order valence-corrected chi connectivity index (χ3v) is 19.6. The van der Waals surface area contributed by atoms with E-state index in [1.807, 2.05) is 6.92 Å². The van der Waals surface area contributed by atoms with Gasteiger partial charge in [-0.3, -0.25) is 86.4 Å². The van der Waals surface area contributed by atoms with Crippen molar-refractivity contribution in [3.05, 3.63) is 11.5 Å². The van der Waals surface area contributed by atoms with E-state index in [1.54, 1.807) is 68.2 Å². The van der Waals surface area contributed by atoms with Crippen LogP contribution >= 0.6 is 0 Å². The molecule has 0 fully saturated rings. The van der Waals surface area contributed by atoms with Crippen molar-refractivity contribution in [2.24, 2.45) is 5.41 Å². The van der Waals surface area contributed by atoms with E-state index in [2.05, 4.69) is 58.5 Å². The minimum atomic E-state index is -0.786. The van der Waals surface area contributed by atoms with E-state index in [-0.39, 0.29) is 267 Å². The van der Waals surface area contributed by atoms with Crippen molar-refractivity contribution in [2.45, 2.75) is 284 Å². The summed E-state index contributed by atoms with van der Waals surface area (Å²) in [5.41, 5.74) is 12.9. The number of hydrogen-bond acceptors (Lipinski definition) is 24. The summed E-state index contributed by atoms with van der Waals surface area (Å²) in [5.74, 6) is -2.85. The van der Waals surface area contributed by atoms with Gasteiger partial charge in [-0.15, -0.1) is 0 Å². The quantitative estimate of drug-likeness (QED) is 0.0317. The Kier molecular flexibility index (Phi) is 94.4. The zero-order valence-corrected chi connectivity index (χ0v) is 84.5. The number of nitrogens with zero attached hydrogens (tertiary/aromatic N) is 2. The van der Waals surface area contributed by atoms with Gasteiger partial charge in [-0.1, -0.05) is 71.6 Å². The first-order chi connectivity index (χ1) is 60.3. The first-order valence-corrected chi connectivity index (χ1v) is 45.1. The minimum absolute atomic E-state index is 0. The summed E-state index contributed by atoms with van der Waals surface area (Å²) in [4.78, 5) is 225. The largest absolute Gasteiger partial charge is 0.668 e. The van der Waals surface area contributed by atoms with Gasteiger partial charge in [0.2, 0.25) is 70.9 Å². The van der Waals surface area contributed by atoms with Crippen molar-refractivity contribution in [3.8, 4) is 0 Å². The van der Waals surface area contributed by atoms with E-state index in [1.165, 1.54) is 4.90 Å². The van der Waals surface area contributed by atoms with E-state index in [9.17, 15) is 91.1 Å². The Bertz CT molecular complexity index is 2920. The summed E-state index contributed by atoms with van der Waals surface area (Å²) < 4.78 is 22.7. The Morgan fingerprint density at radius 3 is 0.820 bits per heavy atom. The average molecular weight is 2160 g/mol. The van der Waals surface area contributed by atoms with Crippen LogP contribution < -0.4 is 58.5 Å². The zero-order valence-electron chi connectivity index (χ0n) is 78.6. The third-order valence-electron chi connectivity index (χ3n) is 19.6. The van der Waals surface area contributed by atoms with Gasteiger partial charge >= 0.3 is 0 Å². The maximum atomic E-state index is 12.9. The van der Waals surface area contributed by atoms with E-state index < -0.39 is 23.1 Å². The van der Waals surface area contributed by atoms with Crippen molar-refractivity contribution in [3.63, 3.8) is 0 Å². The standard InChI is InChI=1S/C29H51N5O7.C28H52N6O6.C21H39N3O8.C10H19NO2.2W/c1-30-25(37)15-8-5-4-7-14-24(36)21-34(22-28(40)33-20-12-6-9-16-26(38)31-2)29(41)19-18-23(35)13-10-11-17-27(39)32-3;1-29-24(36)15-9-5-4-8-14-23(35)20-34(21-27(39)32-18-12-6-10-16-25(37)30-2)22-28(40)33-19-13-7-11-17-26(38)31-3;1-4-17(25)5-9-29-13-21(14-30-10-6-18(22)26,15-31-11-7-19(27)23-2)16-32-12-8-20(28)24-3;1-2-9(12)7-5-3-4-6-8-10(11)13;;/h4-22H2,1-3H3,(H,30,37)(H,31,38)(H,32,39)(H,33,40);4-22H2,1-3H3,(H,29,36)(H,30,37)(H,31,38)(H,32,39)(H,33,40);4-16H2,1-3H3,(H4,22,23,24,26,27,28);2-8H2,1H3,(H2,11,13);;/p-2. The number of rotatable bonds is 79. The van der Waals surface area contributed by atoms with Gasteiger partial charge in [-0.2, -0.15) is 0 Å². The fraction of sp³-hybridized carbons (Fsp3) is 0.784. The van der Waals surface area contributed by atoms with Crippen LogP contribution in [0.2, 0.25) is 0 Å². The molecule has 0 bridgehead atoms. The Hall–Kier alpha value is -7.89. The molecule has 0 unspecified atom stereocenters. The van der Waals surface area contributed by atoms with Crippen molar-refractivity contribution in [1.29, 1.82) is 0 Å². The number of ketones is 5. The minimum Gasteiger partial charge on any atom is -0.668 e. The van der Waals surface area contributed by atoms with Crippen LogP contribution in [0.5, 0.6) is 0 Å². The van der Waals surface area contributed by atoms with E-state index in [0.29, 0.717) is 135 Å². The number of Topliss-reactive ketones (excluding diaryl/α,β-unsaturated/α-hetero) is 5. The van der Waals surface area contributed by atoms with Gasteiger partial charge in [0.25, 0.3) is 0 Å². The van der Waals surface area contributed by atoms with Gasteiger partial charge in [0.15, 0.2) is 5.78 Å². The van der Waals surface area contributed by atoms with Crippen LogP contribution in [0.4, 0.5) is 0 Å². The van der Waals surface area contributed by atoms with Crippen LogP contribution in [0.1, 0.15) is 284 Å². The number of carbonyl (C=O) groups excluding carboxylic acids is 19. The molecule has 0 aromatic carbocycles. The molecule has 0 saturated heterocycles. The average Bonchev–Trinajstić information content (AvgIpc) is 0.865. The molecule has 0 aliphatic rings. The monoisotopic (exact) mass is 2160 g/mol. The molecule has 0 radical (unpaired) electrons. The van der Waals surface area contributed by atoms with Gasteiger partial charge in [-0.05, 0) is 96.3 Å². The molecule has 0 aliphatic heterocycles. The first kappa shape index (κ1) is 131. The van der Waals surface area contributed by atoms with Crippen LogP contribution in [0.25, 0.3) is 11.5 Å². The van der Waals surface area contributed by atoms with Gasteiger partial charge in [0.1, 0.15) is 23.1 Å². The molecule has 13 N–H and O–H groups in total. The fourth-order valence-electron chi connectivity index (χ4n) is 11.7. The third kappa shape index (κ3) is 90.1. The number of ether oxygens (including phenoxy) is 4. The summed E-state index contributed by atoms with van der Waals surface area (Å²) in [7, 11) is 12.6. The molecule has 738 valence electrons. The van der Waals surface area contributed by atoms with Gasteiger partial charge in [-0.25, -0.2) is 0 Å². The Balaban J connectivity index is -0.000000406. The molecule has 0 atom stereocenters. The molecule has 0 heterocycles. The van der Waals surface area contributed by atoms with Crippen LogP contribution in [-0.2, 0) is 152 Å². The van der Waals surface area contributed by atoms with Crippen LogP contribution in [0.15, 0.2) is 0 Å². The van der Waals surface area contributed by atoms with Crippen molar-refractivity contribution >= 4 is 112 Å². The second-order valence-electron chi connectivity index (χ2n) is 30.7. The van der Waals surface area contributed by atoms with E-state index in [0.717, 1.165) is 109 Å². The number of nitrogens with one attached hydrogen (secondary N) is 13. The molecular weight excluding hydrogens is 2000 g/mol. The number of amides is 14. The van der Waals surface area contributed by atoms with Crippen LogP contribution in [0, 0.1) is 5.41 Å². The number of unbranched alkanes of at least 4 members (excludes halogenated alkanes) is 16. The number of carbonyl (C=O) groups is 19. The molecule has 0 rings (SSSR count). The fourth-order valence-corrected chi connectivity index (χ4v) is 11.7. The zero-order chi connectivity index (χ0) is 95.2. The molecule has 0 saturated carbocycles. The summed E-state index contributed by atoms with van der Waals surface area (Å²) in [6.07, 6.45) is 23.8. The predicted molar refractivity (Wildman–Crippen MR) is 479 cm³/mol. The van der Waals surface area contributed by atoms with Crippen LogP contribution in [-0.4, -0.2) is 283 Å². The summed E-state index contributed by atoms with van der Waals surface area (Å²) in [6.45, 7) is 5.61. The van der Waals surface area contributed by atoms with Gasteiger partial charge < -0.3 is 103 Å². The second-order valence-corrected chi connectivity index (χ2v) is 30.7. The molecule has 40 heteroatoms. The molecule has 38 nitrogen and oxygen atoms in total. The normalized spacial score (nSPS) is 10.5. The summed E-state index contributed by atoms with van der Waals surface area (Å²) in [6, 6.07) is 0. The second kappa shape index (κ2) is 92.4. The van der Waals surface area contributed by atoms with Crippen molar-refractivity contribution in [1.82, 2.24) is 68.3 Å². The Morgan fingerprint density at radius 1 is 0.242 bits per heavy atom. The van der Waals surface area contributed by atoms with Crippen molar-refractivity contribution in [2.75, 3.05) is 162 Å².